The van der Waals surface area contributed by atoms with Crippen molar-refractivity contribution >= 4 is 23.3 Å². The fourth-order valence-electron chi connectivity index (χ4n) is 3.68. The molecular formula is C25H24FN3O2. The van der Waals surface area contributed by atoms with Crippen molar-refractivity contribution in [1.29, 1.82) is 0 Å². The lowest BCUT2D eigenvalue weighted by molar-refractivity contribution is 0.102. The summed E-state index contributed by atoms with van der Waals surface area (Å²) in [5.41, 5.74) is 3.94. The molecule has 1 aliphatic rings. The molecule has 5 nitrogen and oxygen atoms in total. The fourth-order valence-corrected chi connectivity index (χ4v) is 3.68. The van der Waals surface area contributed by atoms with Gasteiger partial charge in [-0.2, -0.15) is 0 Å². The van der Waals surface area contributed by atoms with Gasteiger partial charge in [0, 0.05) is 36.6 Å². The molecule has 158 valence electrons. The predicted molar refractivity (Wildman–Crippen MR) is 120 cm³/mol. The van der Waals surface area contributed by atoms with Gasteiger partial charge in [-0.05, 0) is 66.9 Å². The van der Waals surface area contributed by atoms with Crippen molar-refractivity contribution in [3.05, 3.63) is 95.3 Å². The summed E-state index contributed by atoms with van der Waals surface area (Å²) in [5.74, 6) is -0.481. The van der Waals surface area contributed by atoms with Gasteiger partial charge in [0.15, 0.2) is 0 Å². The summed E-state index contributed by atoms with van der Waals surface area (Å²) in [5, 5.41) is 2.92. The monoisotopic (exact) mass is 417 g/mol. The van der Waals surface area contributed by atoms with Crippen LogP contribution in [0.3, 0.4) is 0 Å². The van der Waals surface area contributed by atoms with Crippen molar-refractivity contribution in [2.45, 2.75) is 19.9 Å². The molecule has 1 N–H and O–H groups in total. The quantitative estimate of drug-likeness (QED) is 0.619. The minimum Gasteiger partial charge on any atom is -0.322 e. The molecule has 1 aliphatic heterocycles. The number of benzene rings is 3. The van der Waals surface area contributed by atoms with Crippen molar-refractivity contribution in [2.24, 2.45) is 0 Å². The molecule has 1 heterocycles. The van der Waals surface area contributed by atoms with E-state index in [4.69, 9.17) is 0 Å². The van der Waals surface area contributed by atoms with Gasteiger partial charge in [0.25, 0.3) is 5.91 Å². The molecule has 0 aromatic heterocycles. The van der Waals surface area contributed by atoms with Crippen molar-refractivity contribution in [3.8, 4) is 0 Å². The van der Waals surface area contributed by atoms with E-state index in [-0.39, 0.29) is 17.8 Å². The molecule has 3 amide bonds. The van der Waals surface area contributed by atoms with Gasteiger partial charge >= 0.3 is 6.03 Å². The van der Waals surface area contributed by atoms with Crippen LogP contribution in [-0.2, 0) is 6.54 Å². The van der Waals surface area contributed by atoms with Crippen LogP contribution >= 0.6 is 0 Å². The Morgan fingerprint density at radius 3 is 2.39 bits per heavy atom. The number of hydrogen-bond acceptors (Lipinski definition) is 2. The third-order valence-corrected chi connectivity index (χ3v) is 5.43. The van der Waals surface area contributed by atoms with Gasteiger partial charge in [-0.3, -0.25) is 9.69 Å². The van der Waals surface area contributed by atoms with E-state index >= 15 is 0 Å². The van der Waals surface area contributed by atoms with Crippen LogP contribution in [0.1, 0.15) is 27.9 Å². The molecule has 6 heteroatoms. The first-order chi connectivity index (χ1) is 15.0. The van der Waals surface area contributed by atoms with Crippen LogP contribution < -0.4 is 10.2 Å². The zero-order chi connectivity index (χ0) is 21.8. The summed E-state index contributed by atoms with van der Waals surface area (Å²) in [6, 6.07) is 20.8. The Morgan fingerprint density at radius 2 is 1.68 bits per heavy atom. The Labute approximate surface area is 181 Å². The summed E-state index contributed by atoms with van der Waals surface area (Å²) < 4.78 is 13.1. The Kier molecular flexibility index (Phi) is 5.98. The van der Waals surface area contributed by atoms with Crippen molar-refractivity contribution < 1.29 is 14.0 Å². The Bertz CT molecular complexity index is 1080. The highest BCUT2D eigenvalue weighted by Gasteiger charge is 2.27. The summed E-state index contributed by atoms with van der Waals surface area (Å²) in [4.78, 5) is 29.0. The smallest absolute Gasteiger partial charge is 0.322 e. The summed E-state index contributed by atoms with van der Waals surface area (Å²) in [6.07, 6.45) is 0.836. The van der Waals surface area contributed by atoms with Crippen LogP contribution in [0.5, 0.6) is 0 Å². The number of hydrogen-bond donors (Lipinski definition) is 1. The number of aryl methyl sites for hydroxylation is 1. The Morgan fingerprint density at radius 1 is 0.968 bits per heavy atom. The fraction of sp³-hybridized carbons (Fsp3) is 0.200. The molecule has 0 unspecified atom stereocenters. The number of halogens is 1. The molecule has 0 saturated carbocycles. The molecule has 1 saturated heterocycles. The van der Waals surface area contributed by atoms with E-state index in [1.165, 1.54) is 12.1 Å². The molecule has 3 aromatic carbocycles. The number of nitrogens with one attached hydrogen (secondary N) is 1. The summed E-state index contributed by atoms with van der Waals surface area (Å²) in [7, 11) is 0. The number of anilines is 2. The highest BCUT2D eigenvalue weighted by Crippen LogP contribution is 2.23. The van der Waals surface area contributed by atoms with E-state index in [0.29, 0.717) is 25.2 Å². The maximum atomic E-state index is 13.1. The highest BCUT2D eigenvalue weighted by atomic mass is 19.1. The van der Waals surface area contributed by atoms with E-state index in [1.807, 2.05) is 31.2 Å². The van der Waals surface area contributed by atoms with Crippen LogP contribution in [0.15, 0.2) is 72.8 Å². The van der Waals surface area contributed by atoms with E-state index in [2.05, 4.69) is 5.32 Å². The molecule has 0 spiro atoms. The van der Waals surface area contributed by atoms with Crippen molar-refractivity contribution in [1.82, 2.24) is 4.90 Å². The normalized spacial score (nSPS) is 13.9. The maximum Gasteiger partial charge on any atom is 0.324 e. The van der Waals surface area contributed by atoms with Crippen LogP contribution in [-0.4, -0.2) is 29.9 Å². The number of nitrogens with zero attached hydrogens (tertiary/aromatic N) is 2. The third kappa shape index (κ3) is 4.74. The number of amides is 3. The zero-order valence-corrected chi connectivity index (χ0v) is 17.3. The number of urea groups is 1. The summed E-state index contributed by atoms with van der Waals surface area (Å²) in [6.45, 7) is 3.65. The van der Waals surface area contributed by atoms with Crippen LogP contribution in [0.2, 0.25) is 0 Å². The van der Waals surface area contributed by atoms with Gasteiger partial charge in [-0.25, -0.2) is 9.18 Å². The number of carbonyl (C=O) groups is 2. The van der Waals surface area contributed by atoms with E-state index in [0.717, 1.165) is 28.9 Å². The van der Waals surface area contributed by atoms with Crippen molar-refractivity contribution in [3.63, 3.8) is 0 Å². The number of para-hydroxylation sites is 1. The molecule has 4 rings (SSSR count). The van der Waals surface area contributed by atoms with Gasteiger partial charge < -0.3 is 10.2 Å². The van der Waals surface area contributed by atoms with Crippen molar-refractivity contribution in [2.75, 3.05) is 23.3 Å². The minimum absolute atomic E-state index is 0.0901. The molecule has 1 fully saturated rings. The van der Waals surface area contributed by atoms with Gasteiger partial charge in [0.2, 0.25) is 0 Å². The third-order valence-electron chi connectivity index (χ3n) is 5.43. The Hall–Kier alpha value is -3.67. The Balaban J connectivity index is 1.44. The molecule has 31 heavy (non-hydrogen) atoms. The molecule has 0 radical (unpaired) electrons. The minimum atomic E-state index is -0.290. The largest absolute Gasteiger partial charge is 0.324 e. The number of rotatable bonds is 5. The van der Waals surface area contributed by atoms with Gasteiger partial charge in [0.05, 0.1) is 0 Å². The van der Waals surface area contributed by atoms with E-state index in [1.54, 1.807) is 46.2 Å². The molecule has 3 aromatic rings. The van der Waals surface area contributed by atoms with Crippen LogP contribution in [0.25, 0.3) is 0 Å². The summed E-state index contributed by atoms with van der Waals surface area (Å²) >= 11 is 0. The average Bonchev–Trinajstić information content (AvgIpc) is 2.78. The second-order valence-electron chi connectivity index (χ2n) is 7.65. The lowest BCUT2D eigenvalue weighted by atomic mass is 10.1. The molecule has 0 atom stereocenters. The SMILES string of the molecule is Cc1ccccc1NC(=O)c1ccc(N2CCCN(Cc3ccc(F)cc3)C2=O)cc1. The van der Waals surface area contributed by atoms with Gasteiger partial charge in [0.1, 0.15) is 5.82 Å². The maximum absolute atomic E-state index is 13.1. The molecular weight excluding hydrogens is 393 g/mol. The second kappa shape index (κ2) is 9.00. The first-order valence-electron chi connectivity index (χ1n) is 10.3. The van der Waals surface area contributed by atoms with Crippen LogP contribution in [0.4, 0.5) is 20.6 Å². The van der Waals surface area contributed by atoms with E-state index in [9.17, 15) is 14.0 Å². The lowest BCUT2D eigenvalue weighted by Gasteiger charge is -2.35. The zero-order valence-electron chi connectivity index (χ0n) is 17.3. The molecule has 0 bridgehead atoms. The van der Waals surface area contributed by atoms with Crippen LogP contribution in [0, 0.1) is 12.7 Å². The highest BCUT2D eigenvalue weighted by molar-refractivity contribution is 6.05. The van der Waals surface area contributed by atoms with E-state index < -0.39 is 0 Å². The predicted octanol–water partition coefficient (Wildman–Crippen LogP) is 5.22. The first kappa shape index (κ1) is 20.6. The molecule has 0 aliphatic carbocycles. The second-order valence-corrected chi connectivity index (χ2v) is 7.65. The van der Waals surface area contributed by atoms with Gasteiger partial charge in [-0.15, -0.1) is 0 Å². The average molecular weight is 417 g/mol. The number of carbonyl (C=O) groups excluding carboxylic acids is 2. The van der Waals surface area contributed by atoms with Gasteiger partial charge in [-0.1, -0.05) is 30.3 Å². The lowest BCUT2D eigenvalue weighted by Crippen LogP contribution is -2.49. The standard InChI is InChI=1S/C25H24FN3O2/c1-18-5-2-3-6-23(18)27-24(30)20-9-13-22(14-10-20)29-16-4-15-28(25(29)31)17-19-7-11-21(26)12-8-19/h2-3,5-14H,4,15-17H2,1H3,(H,27,30). The topological polar surface area (TPSA) is 52.7 Å². The first-order valence-corrected chi connectivity index (χ1v) is 10.3.